The number of para-hydroxylation sites is 1. The van der Waals surface area contributed by atoms with E-state index >= 15 is 0 Å². The van der Waals surface area contributed by atoms with Crippen molar-refractivity contribution in [2.45, 2.75) is 0 Å². The SMILES string of the molecule is COc1cccc(OCCNC(=O)COc2ccccc2Cl)c1. The minimum Gasteiger partial charge on any atom is -0.497 e. The Kier molecular flexibility index (Phi) is 6.56. The van der Waals surface area contributed by atoms with E-state index in [4.69, 9.17) is 25.8 Å². The number of carbonyl (C=O) groups excluding carboxylic acids is 1. The van der Waals surface area contributed by atoms with Gasteiger partial charge in [-0.2, -0.15) is 0 Å². The third-order valence-corrected chi connectivity index (χ3v) is 3.24. The maximum atomic E-state index is 11.7. The molecule has 0 bridgehead atoms. The van der Waals surface area contributed by atoms with Crippen molar-refractivity contribution in [2.24, 2.45) is 0 Å². The van der Waals surface area contributed by atoms with Gasteiger partial charge in [-0.1, -0.05) is 29.8 Å². The number of halogens is 1. The Bertz CT molecular complexity index is 648. The summed E-state index contributed by atoms with van der Waals surface area (Å²) in [6.45, 7) is 0.635. The highest BCUT2D eigenvalue weighted by Gasteiger charge is 2.05. The molecule has 0 fully saturated rings. The van der Waals surface area contributed by atoms with Gasteiger partial charge in [0.05, 0.1) is 18.7 Å². The normalized spacial score (nSPS) is 10.0. The molecule has 0 atom stereocenters. The van der Waals surface area contributed by atoms with E-state index in [1.54, 1.807) is 37.4 Å². The molecule has 23 heavy (non-hydrogen) atoms. The highest BCUT2D eigenvalue weighted by atomic mass is 35.5. The number of hydrogen-bond acceptors (Lipinski definition) is 4. The van der Waals surface area contributed by atoms with Crippen LogP contribution < -0.4 is 19.5 Å². The highest BCUT2D eigenvalue weighted by molar-refractivity contribution is 6.32. The topological polar surface area (TPSA) is 56.8 Å². The molecule has 6 heteroatoms. The second-order valence-electron chi connectivity index (χ2n) is 4.60. The Morgan fingerprint density at radius 3 is 2.65 bits per heavy atom. The molecule has 0 saturated carbocycles. The van der Waals surface area contributed by atoms with E-state index in [0.717, 1.165) is 5.75 Å². The summed E-state index contributed by atoms with van der Waals surface area (Å²) in [7, 11) is 1.60. The Morgan fingerprint density at radius 1 is 1.09 bits per heavy atom. The second-order valence-corrected chi connectivity index (χ2v) is 5.00. The van der Waals surface area contributed by atoms with Crippen molar-refractivity contribution < 1.29 is 19.0 Å². The summed E-state index contributed by atoms with van der Waals surface area (Å²) in [6, 6.07) is 14.3. The van der Waals surface area contributed by atoms with Crippen LogP contribution >= 0.6 is 11.6 Å². The van der Waals surface area contributed by atoms with Crippen LogP contribution in [0.4, 0.5) is 0 Å². The molecule has 2 rings (SSSR count). The maximum absolute atomic E-state index is 11.7. The Hall–Kier alpha value is -2.40. The molecule has 0 aliphatic rings. The Morgan fingerprint density at radius 2 is 1.87 bits per heavy atom. The zero-order valence-electron chi connectivity index (χ0n) is 12.8. The monoisotopic (exact) mass is 335 g/mol. The van der Waals surface area contributed by atoms with Gasteiger partial charge in [-0.15, -0.1) is 0 Å². The molecule has 5 nitrogen and oxygen atoms in total. The van der Waals surface area contributed by atoms with Gasteiger partial charge >= 0.3 is 0 Å². The van der Waals surface area contributed by atoms with E-state index in [2.05, 4.69) is 5.32 Å². The number of carbonyl (C=O) groups is 1. The number of rotatable bonds is 8. The van der Waals surface area contributed by atoms with E-state index in [1.807, 2.05) is 18.2 Å². The first-order valence-electron chi connectivity index (χ1n) is 7.10. The summed E-state index contributed by atoms with van der Waals surface area (Å²) in [4.78, 5) is 11.7. The van der Waals surface area contributed by atoms with Gasteiger partial charge in [0.2, 0.25) is 0 Å². The summed E-state index contributed by atoms with van der Waals surface area (Å²) < 4.78 is 16.0. The quantitative estimate of drug-likeness (QED) is 0.754. The lowest BCUT2D eigenvalue weighted by atomic mass is 10.3. The van der Waals surface area contributed by atoms with Crippen LogP contribution in [0.2, 0.25) is 5.02 Å². The van der Waals surface area contributed by atoms with Crippen molar-refractivity contribution in [3.8, 4) is 17.2 Å². The van der Waals surface area contributed by atoms with Gasteiger partial charge in [-0.05, 0) is 24.3 Å². The second kappa shape index (κ2) is 8.90. The minimum absolute atomic E-state index is 0.0944. The fraction of sp³-hybridized carbons (Fsp3) is 0.235. The van der Waals surface area contributed by atoms with Crippen LogP contribution in [-0.4, -0.2) is 32.8 Å². The van der Waals surface area contributed by atoms with Crippen molar-refractivity contribution in [1.29, 1.82) is 0 Å². The molecule has 0 saturated heterocycles. The minimum atomic E-state index is -0.237. The molecule has 0 aliphatic carbocycles. The van der Waals surface area contributed by atoms with Crippen LogP contribution in [0, 0.1) is 0 Å². The molecule has 0 aliphatic heterocycles. The van der Waals surface area contributed by atoms with E-state index in [9.17, 15) is 4.79 Å². The molecule has 1 amide bonds. The van der Waals surface area contributed by atoms with Crippen molar-refractivity contribution in [3.63, 3.8) is 0 Å². The van der Waals surface area contributed by atoms with Crippen LogP contribution in [0.1, 0.15) is 0 Å². The van der Waals surface area contributed by atoms with Gasteiger partial charge in [0.15, 0.2) is 6.61 Å². The molecule has 0 spiro atoms. The number of hydrogen-bond donors (Lipinski definition) is 1. The molecule has 2 aromatic rings. The average molecular weight is 336 g/mol. The molecule has 0 heterocycles. The first-order valence-corrected chi connectivity index (χ1v) is 7.47. The summed E-state index contributed by atoms with van der Waals surface area (Å²) in [5.74, 6) is 1.65. The first kappa shape index (κ1) is 17.0. The van der Waals surface area contributed by atoms with Gasteiger partial charge in [0, 0.05) is 6.07 Å². The fourth-order valence-corrected chi connectivity index (χ4v) is 2.00. The Labute approximate surface area is 140 Å². The van der Waals surface area contributed by atoms with Crippen LogP contribution in [0.5, 0.6) is 17.2 Å². The maximum Gasteiger partial charge on any atom is 0.258 e. The van der Waals surface area contributed by atoms with Crippen molar-refractivity contribution in [1.82, 2.24) is 5.32 Å². The summed E-state index contributed by atoms with van der Waals surface area (Å²) in [6.07, 6.45) is 0. The molecule has 122 valence electrons. The zero-order chi connectivity index (χ0) is 16.5. The number of benzene rings is 2. The molecular formula is C17H18ClNO4. The lowest BCUT2D eigenvalue weighted by molar-refractivity contribution is -0.123. The third-order valence-electron chi connectivity index (χ3n) is 2.93. The summed E-state index contributed by atoms with van der Waals surface area (Å²) in [5, 5.41) is 3.18. The number of methoxy groups -OCH3 is 1. The highest BCUT2D eigenvalue weighted by Crippen LogP contribution is 2.22. The largest absolute Gasteiger partial charge is 0.497 e. The summed E-state index contributed by atoms with van der Waals surface area (Å²) >= 11 is 5.94. The van der Waals surface area contributed by atoms with Crippen molar-refractivity contribution >= 4 is 17.5 Å². The van der Waals surface area contributed by atoms with Gasteiger partial charge in [0.25, 0.3) is 5.91 Å². The smallest absolute Gasteiger partial charge is 0.258 e. The fourth-order valence-electron chi connectivity index (χ4n) is 1.81. The molecule has 0 unspecified atom stereocenters. The number of nitrogens with one attached hydrogen (secondary N) is 1. The van der Waals surface area contributed by atoms with Gasteiger partial charge in [-0.25, -0.2) is 0 Å². The van der Waals surface area contributed by atoms with E-state index in [-0.39, 0.29) is 12.5 Å². The van der Waals surface area contributed by atoms with E-state index in [0.29, 0.717) is 29.7 Å². The van der Waals surface area contributed by atoms with Crippen LogP contribution in [0.15, 0.2) is 48.5 Å². The van der Waals surface area contributed by atoms with Gasteiger partial charge < -0.3 is 19.5 Å². The van der Waals surface area contributed by atoms with E-state index in [1.165, 1.54) is 0 Å². The predicted octanol–water partition coefficient (Wildman–Crippen LogP) is 2.92. The molecule has 1 N–H and O–H groups in total. The van der Waals surface area contributed by atoms with Crippen molar-refractivity contribution in [3.05, 3.63) is 53.6 Å². The molecule has 2 aromatic carbocycles. The van der Waals surface area contributed by atoms with Gasteiger partial charge in [-0.3, -0.25) is 4.79 Å². The lowest BCUT2D eigenvalue weighted by Crippen LogP contribution is -2.32. The zero-order valence-corrected chi connectivity index (χ0v) is 13.5. The third kappa shape index (κ3) is 5.71. The van der Waals surface area contributed by atoms with Gasteiger partial charge in [0.1, 0.15) is 23.9 Å². The van der Waals surface area contributed by atoms with Crippen LogP contribution in [0.3, 0.4) is 0 Å². The average Bonchev–Trinajstić information content (AvgIpc) is 2.58. The van der Waals surface area contributed by atoms with E-state index < -0.39 is 0 Å². The molecule has 0 aromatic heterocycles. The van der Waals surface area contributed by atoms with Crippen molar-refractivity contribution in [2.75, 3.05) is 26.9 Å². The predicted molar refractivity (Wildman–Crippen MR) is 88.4 cm³/mol. The number of amides is 1. The first-order chi connectivity index (χ1) is 11.2. The lowest BCUT2D eigenvalue weighted by Gasteiger charge is -2.10. The molecular weight excluding hydrogens is 318 g/mol. The number of ether oxygens (including phenoxy) is 3. The van der Waals surface area contributed by atoms with Crippen LogP contribution in [-0.2, 0) is 4.79 Å². The van der Waals surface area contributed by atoms with Crippen LogP contribution in [0.25, 0.3) is 0 Å². The standard InChI is InChI=1S/C17H18ClNO4/c1-21-13-5-4-6-14(11-13)22-10-9-19-17(20)12-23-16-8-3-2-7-15(16)18/h2-8,11H,9-10,12H2,1H3,(H,19,20). The molecule has 0 radical (unpaired) electrons. The Balaban J connectivity index is 1.66. The summed E-state index contributed by atoms with van der Waals surface area (Å²) in [5.41, 5.74) is 0.